The summed E-state index contributed by atoms with van der Waals surface area (Å²) in [6.07, 6.45) is -4.42. The molecule has 2 N–H and O–H groups in total. The molecule has 0 saturated heterocycles. The standard InChI is InChI=1S/C8H10F3N3O2/c1-4-13-5(7(15)16-2)6(12)14(4)3-8(9,10)11/h3,12H2,1-2H3. The Bertz CT molecular complexity index is 411. The highest BCUT2D eigenvalue weighted by Crippen LogP contribution is 2.23. The molecular weight excluding hydrogens is 227 g/mol. The summed E-state index contributed by atoms with van der Waals surface area (Å²) in [4.78, 5) is 14.7. The van der Waals surface area contributed by atoms with Gasteiger partial charge < -0.3 is 15.0 Å². The number of hydrogen-bond acceptors (Lipinski definition) is 4. The van der Waals surface area contributed by atoms with Crippen molar-refractivity contribution in [3.8, 4) is 0 Å². The molecule has 5 nitrogen and oxygen atoms in total. The molecule has 0 atom stereocenters. The van der Waals surface area contributed by atoms with Gasteiger partial charge in [-0.15, -0.1) is 0 Å². The number of methoxy groups -OCH3 is 1. The molecule has 0 radical (unpaired) electrons. The maximum absolute atomic E-state index is 12.2. The number of aromatic nitrogens is 2. The zero-order chi connectivity index (χ0) is 12.5. The van der Waals surface area contributed by atoms with Crippen molar-refractivity contribution in [2.45, 2.75) is 19.6 Å². The number of rotatable bonds is 2. The summed E-state index contributed by atoms with van der Waals surface area (Å²) in [5.41, 5.74) is 5.09. The molecule has 0 aliphatic rings. The quantitative estimate of drug-likeness (QED) is 0.782. The lowest BCUT2D eigenvalue weighted by Crippen LogP contribution is -2.20. The van der Waals surface area contributed by atoms with E-state index in [1.165, 1.54) is 6.92 Å². The zero-order valence-electron chi connectivity index (χ0n) is 8.63. The van der Waals surface area contributed by atoms with Crippen LogP contribution in [0, 0.1) is 6.92 Å². The smallest absolute Gasteiger partial charge is 0.406 e. The summed E-state index contributed by atoms with van der Waals surface area (Å²) in [6.45, 7) is 0.0448. The van der Waals surface area contributed by atoms with E-state index in [1.807, 2.05) is 0 Å². The Morgan fingerprint density at radius 3 is 2.56 bits per heavy atom. The van der Waals surface area contributed by atoms with Crippen LogP contribution < -0.4 is 5.73 Å². The van der Waals surface area contributed by atoms with Crippen LogP contribution in [0.2, 0.25) is 0 Å². The number of carbonyl (C=O) groups is 1. The van der Waals surface area contributed by atoms with E-state index < -0.39 is 18.7 Å². The van der Waals surface area contributed by atoms with Crippen molar-refractivity contribution in [1.29, 1.82) is 0 Å². The molecule has 0 aliphatic carbocycles. The van der Waals surface area contributed by atoms with Crippen molar-refractivity contribution in [2.75, 3.05) is 12.8 Å². The molecule has 0 spiro atoms. The molecule has 0 amide bonds. The molecule has 1 heterocycles. The maximum atomic E-state index is 12.2. The predicted molar refractivity (Wildman–Crippen MR) is 48.8 cm³/mol. The summed E-state index contributed by atoms with van der Waals surface area (Å²) in [5, 5.41) is 0. The minimum Gasteiger partial charge on any atom is -0.464 e. The van der Waals surface area contributed by atoms with Gasteiger partial charge in [-0.2, -0.15) is 13.2 Å². The number of alkyl halides is 3. The van der Waals surface area contributed by atoms with Gasteiger partial charge in [0.25, 0.3) is 0 Å². The van der Waals surface area contributed by atoms with E-state index in [0.717, 1.165) is 7.11 Å². The van der Waals surface area contributed by atoms with Crippen LogP contribution in [0.1, 0.15) is 16.3 Å². The fraction of sp³-hybridized carbons (Fsp3) is 0.500. The van der Waals surface area contributed by atoms with Crippen LogP contribution in [0.3, 0.4) is 0 Å². The summed E-state index contributed by atoms with van der Waals surface area (Å²) in [7, 11) is 1.10. The Morgan fingerprint density at radius 1 is 1.56 bits per heavy atom. The van der Waals surface area contributed by atoms with Crippen LogP contribution in [0.15, 0.2) is 0 Å². The Morgan fingerprint density at radius 2 is 2.12 bits per heavy atom. The molecule has 0 saturated carbocycles. The molecule has 1 rings (SSSR count). The Hall–Kier alpha value is -1.73. The van der Waals surface area contributed by atoms with Gasteiger partial charge in [-0.25, -0.2) is 9.78 Å². The van der Waals surface area contributed by atoms with E-state index in [-0.39, 0.29) is 17.3 Å². The van der Waals surface area contributed by atoms with Crippen LogP contribution in [-0.2, 0) is 11.3 Å². The van der Waals surface area contributed by atoms with Gasteiger partial charge in [0.15, 0.2) is 5.69 Å². The number of hydrogen-bond donors (Lipinski definition) is 1. The molecule has 16 heavy (non-hydrogen) atoms. The van der Waals surface area contributed by atoms with Gasteiger partial charge >= 0.3 is 12.1 Å². The number of ether oxygens (including phenoxy) is 1. The highest BCUT2D eigenvalue weighted by Gasteiger charge is 2.31. The first-order valence-electron chi connectivity index (χ1n) is 4.24. The highest BCUT2D eigenvalue weighted by atomic mass is 19.4. The lowest BCUT2D eigenvalue weighted by atomic mass is 10.4. The first-order valence-corrected chi connectivity index (χ1v) is 4.24. The number of nitrogens with zero attached hydrogens (tertiary/aromatic N) is 2. The van der Waals surface area contributed by atoms with Gasteiger partial charge in [-0.05, 0) is 6.92 Å². The summed E-state index contributed by atoms with van der Waals surface area (Å²) >= 11 is 0. The van der Waals surface area contributed by atoms with Crippen molar-refractivity contribution >= 4 is 11.8 Å². The van der Waals surface area contributed by atoms with Crippen LogP contribution in [0.25, 0.3) is 0 Å². The first kappa shape index (κ1) is 12.3. The molecule has 1 aromatic rings. The predicted octanol–water partition coefficient (Wildman–Crippen LogP) is 1.12. The summed E-state index contributed by atoms with van der Waals surface area (Å²) < 4.78 is 41.6. The second-order valence-electron chi connectivity index (χ2n) is 3.09. The van der Waals surface area contributed by atoms with Gasteiger partial charge in [0.1, 0.15) is 18.2 Å². The van der Waals surface area contributed by atoms with Gasteiger partial charge in [-0.1, -0.05) is 0 Å². The van der Waals surface area contributed by atoms with E-state index in [1.54, 1.807) is 0 Å². The van der Waals surface area contributed by atoms with Crippen molar-refractivity contribution in [3.05, 3.63) is 11.5 Å². The average Bonchev–Trinajstić information content (AvgIpc) is 2.42. The van der Waals surface area contributed by atoms with Crippen LogP contribution in [0.4, 0.5) is 19.0 Å². The van der Waals surface area contributed by atoms with Crippen LogP contribution in [0.5, 0.6) is 0 Å². The van der Waals surface area contributed by atoms with Gasteiger partial charge in [-0.3, -0.25) is 0 Å². The fourth-order valence-electron chi connectivity index (χ4n) is 1.21. The third-order valence-electron chi connectivity index (χ3n) is 1.91. The first-order chi connectivity index (χ1) is 7.26. The number of nitrogen functional groups attached to an aromatic ring is 1. The molecule has 0 unspecified atom stereocenters. The number of imidazole rings is 1. The largest absolute Gasteiger partial charge is 0.464 e. The zero-order valence-corrected chi connectivity index (χ0v) is 8.63. The van der Waals surface area contributed by atoms with E-state index in [4.69, 9.17) is 5.73 Å². The molecule has 1 aromatic heterocycles. The van der Waals surface area contributed by atoms with Gasteiger partial charge in [0.05, 0.1) is 7.11 Å². The van der Waals surface area contributed by atoms with Gasteiger partial charge in [0.2, 0.25) is 0 Å². The van der Waals surface area contributed by atoms with E-state index in [9.17, 15) is 18.0 Å². The van der Waals surface area contributed by atoms with Crippen molar-refractivity contribution in [1.82, 2.24) is 9.55 Å². The number of anilines is 1. The summed E-state index contributed by atoms with van der Waals surface area (Å²) in [6, 6.07) is 0. The highest BCUT2D eigenvalue weighted by molar-refractivity contribution is 5.92. The second kappa shape index (κ2) is 4.03. The monoisotopic (exact) mass is 237 g/mol. The van der Waals surface area contributed by atoms with Crippen LogP contribution in [-0.4, -0.2) is 28.8 Å². The Balaban J connectivity index is 3.12. The van der Waals surface area contributed by atoms with Crippen molar-refractivity contribution < 1.29 is 22.7 Å². The number of carbonyl (C=O) groups excluding carboxylic acids is 1. The minimum absolute atomic E-state index is 0.00947. The lowest BCUT2D eigenvalue weighted by molar-refractivity contribution is -0.140. The molecule has 90 valence electrons. The van der Waals surface area contributed by atoms with E-state index >= 15 is 0 Å². The molecular formula is C8H10F3N3O2. The molecule has 0 aliphatic heterocycles. The number of aryl methyl sites for hydroxylation is 1. The average molecular weight is 237 g/mol. The van der Waals surface area contributed by atoms with Crippen molar-refractivity contribution in [2.24, 2.45) is 0 Å². The normalized spacial score (nSPS) is 11.6. The molecule has 0 aromatic carbocycles. The number of nitrogens with two attached hydrogens (primary N) is 1. The van der Waals surface area contributed by atoms with E-state index in [0.29, 0.717) is 4.57 Å². The lowest BCUT2D eigenvalue weighted by Gasteiger charge is -2.10. The Kier molecular flexibility index (Phi) is 3.11. The number of esters is 1. The maximum Gasteiger partial charge on any atom is 0.406 e. The molecule has 0 bridgehead atoms. The molecule has 8 heteroatoms. The molecule has 0 fully saturated rings. The number of halogens is 3. The summed E-state index contributed by atoms with van der Waals surface area (Å²) in [5.74, 6) is -1.20. The van der Waals surface area contributed by atoms with Crippen LogP contribution >= 0.6 is 0 Å². The second-order valence-corrected chi connectivity index (χ2v) is 3.09. The topological polar surface area (TPSA) is 70.1 Å². The minimum atomic E-state index is -4.42. The van der Waals surface area contributed by atoms with E-state index in [2.05, 4.69) is 9.72 Å². The Labute approximate surface area is 89.0 Å². The third-order valence-corrected chi connectivity index (χ3v) is 1.91. The third kappa shape index (κ3) is 2.44. The van der Waals surface area contributed by atoms with Crippen molar-refractivity contribution in [3.63, 3.8) is 0 Å². The SMILES string of the molecule is COC(=O)c1nc(C)n(CC(F)(F)F)c1N. The fourth-order valence-corrected chi connectivity index (χ4v) is 1.21. The van der Waals surface area contributed by atoms with Gasteiger partial charge in [0, 0.05) is 0 Å².